The van der Waals surface area contributed by atoms with Crippen molar-refractivity contribution in [3.05, 3.63) is 138 Å². The standard InChI is InChI=1S/C87H115N25O20S/c1-5-7-21-66-82(127)103-63(37-88)80(125)105-65(76(121)94-40-72(91)118)43-133-44-73(119)97-59(31-47-24-26-52(114)27-25-47)77(122)96-46(3)75(120)102-62(36-71(90)117)86(131)110-30-14-23-67(110)83(128)101-61(34-51-39-92-45-95-51)79(124)98-57(28-29-70(89)116)85(130)111-41-53(115)35-69(111)84(129)100-60(33-50-38-93-56-20-12-11-19-55(50)56)78(123)104-64(42-113)81(126)99-58(32-49-17-13-16-48-15-9-10-18-54(48)49)74-106-107-108-112(74)68(22-8-6-2)87(132)109(66)4/h9-13,15-20,24-27,38-39,45-46,53,57-69,93,113-115H,5-8,14,21-23,28-37,40-44,88H2,1-4H3,(H2,89,116)(H2,90,117)(H2,91,118)(H,92,95)(H,94,121)(H,96,122)(H,97,119)(H,98,124)(H,99,126)(H,100,129)(H,101,128)(H,102,120)(H,103,127)(H,104,123)(H,105,125)/t46-,53+,57-,58-,59-,60-,61-,62-,63-,64-,65-,66-,67-,68-,69-/m0/s1. The van der Waals surface area contributed by atoms with Crippen LogP contribution in [0.1, 0.15) is 138 Å². The fourth-order valence-corrected chi connectivity index (χ4v) is 17.0. The van der Waals surface area contributed by atoms with Gasteiger partial charge in [-0.3, -0.25) is 81.5 Å². The van der Waals surface area contributed by atoms with Gasteiger partial charge < -0.3 is 121 Å². The van der Waals surface area contributed by atoms with Gasteiger partial charge in [0.1, 0.15) is 84.3 Å². The predicted molar refractivity (Wildman–Crippen MR) is 479 cm³/mol. The SMILES string of the molecule is CCCC[C@H]1C(=O)N[C@@H](CN)C(=O)N[C@H](C(=O)NCC(N)=O)CSCC(=O)N[C@@H](Cc2ccc(O)cc2)C(=O)N[C@@H](C)C(=O)N[C@@H](CC(N)=O)C(=O)N2CCC[C@H]2C(=O)N[C@@H](Cc2cnc[nH]2)C(=O)N[C@@H](CCC(N)=O)C(=O)N2C[C@H](O)C[C@H]2C(=O)N[C@@H](Cc2c[nH]c3ccccc23)C(=O)N[C@@H](CO)C(=O)N[C@@H](Cc2cccc3ccccc23)c2nnnn2[C@@H](CCCC)C(=O)N1C. The zero-order valence-corrected chi connectivity index (χ0v) is 74.7. The topological polar surface area (TPSA) is 685 Å². The van der Waals surface area contributed by atoms with Gasteiger partial charge in [0.2, 0.25) is 100 Å². The van der Waals surface area contributed by atoms with Gasteiger partial charge in [-0.25, -0.2) is 9.67 Å². The number of aromatic nitrogens is 7. The molecular formula is C87H115N25O20S. The molecule has 0 spiro atoms. The number of para-hydroxylation sites is 1. The Labute approximate surface area is 767 Å². The van der Waals surface area contributed by atoms with Gasteiger partial charge in [-0.1, -0.05) is 112 Å². The molecule has 0 bridgehead atoms. The first-order valence-corrected chi connectivity index (χ1v) is 45.0. The number of thioether (sulfide) groups is 1. The van der Waals surface area contributed by atoms with E-state index in [4.69, 9.17) is 22.9 Å². The van der Waals surface area contributed by atoms with Crippen molar-refractivity contribution in [1.82, 2.24) is 108 Å². The molecular weight excluding hydrogens is 1750 g/mol. The van der Waals surface area contributed by atoms with Gasteiger partial charge in [0.05, 0.1) is 43.8 Å². The number of primary amides is 3. The van der Waals surface area contributed by atoms with E-state index in [2.05, 4.69) is 89.0 Å². The third-order valence-electron chi connectivity index (χ3n) is 23.2. The van der Waals surface area contributed by atoms with E-state index in [1.165, 1.54) is 55.4 Å². The van der Waals surface area contributed by atoms with Crippen LogP contribution in [0.4, 0.5) is 0 Å². The molecule has 15 atom stereocenters. The molecule has 7 aromatic rings. The molecule has 3 aromatic heterocycles. The molecule has 24 N–H and O–H groups in total. The number of nitrogens with two attached hydrogens (primary N) is 4. The maximum atomic E-state index is 15.7. The molecule has 0 unspecified atom stereocenters. The third-order valence-corrected chi connectivity index (χ3v) is 24.3. The number of unbranched alkanes of at least 4 members (excludes halogenated alkanes) is 2. The highest BCUT2D eigenvalue weighted by Crippen LogP contribution is 2.31. The van der Waals surface area contributed by atoms with Gasteiger partial charge in [0, 0.05) is 100.0 Å². The molecule has 2 fully saturated rings. The Bertz CT molecular complexity index is 5340. The monoisotopic (exact) mass is 1860 g/mol. The highest BCUT2D eigenvalue weighted by molar-refractivity contribution is 8.00. The summed E-state index contributed by atoms with van der Waals surface area (Å²) in [6.07, 6.45) is 1.00. The van der Waals surface area contributed by atoms with Gasteiger partial charge in [0.15, 0.2) is 5.82 Å². The Morgan fingerprint density at radius 3 is 1.85 bits per heavy atom. The van der Waals surface area contributed by atoms with Crippen LogP contribution < -0.4 is 81.4 Å². The van der Waals surface area contributed by atoms with Gasteiger partial charge in [-0.2, -0.15) is 0 Å². The number of rotatable bonds is 24. The molecule has 0 saturated carbocycles. The van der Waals surface area contributed by atoms with Crippen LogP contribution in [0, 0.1) is 0 Å². The van der Waals surface area contributed by atoms with Crippen molar-refractivity contribution < 1.29 is 96.8 Å². The van der Waals surface area contributed by atoms with Crippen molar-refractivity contribution in [2.75, 3.05) is 51.3 Å². The maximum Gasteiger partial charge on any atom is 0.248 e. The maximum absolute atomic E-state index is 15.7. The van der Waals surface area contributed by atoms with Crippen molar-refractivity contribution in [3.63, 3.8) is 0 Å². The van der Waals surface area contributed by atoms with Crippen LogP contribution in [-0.2, 0) is 107 Å². The van der Waals surface area contributed by atoms with E-state index in [0.29, 0.717) is 53.3 Å². The van der Waals surface area contributed by atoms with E-state index in [1.807, 2.05) is 38.1 Å². The van der Waals surface area contributed by atoms with Gasteiger partial charge in [-0.15, -0.1) is 16.9 Å². The number of hydrogen-bond donors (Lipinski definition) is 20. The first kappa shape index (κ1) is 101. The molecule has 0 aliphatic carbocycles. The zero-order chi connectivity index (χ0) is 96.3. The Balaban J connectivity index is 1.02. The second kappa shape index (κ2) is 48.2. The van der Waals surface area contributed by atoms with E-state index >= 15 is 28.8 Å². The number of H-pyrrole nitrogens is 2. The molecule has 0 radical (unpaired) electrons. The summed E-state index contributed by atoms with van der Waals surface area (Å²) in [6, 6.07) is 2.89. The number of aromatic amines is 2. The minimum atomic E-state index is -1.86. The van der Waals surface area contributed by atoms with E-state index in [9.17, 15) is 68.1 Å². The summed E-state index contributed by atoms with van der Waals surface area (Å²) in [6.45, 7) is 1.76. The van der Waals surface area contributed by atoms with E-state index < -0.39 is 255 Å². The summed E-state index contributed by atoms with van der Waals surface area (Å²) in [5, 5.41) is 76.3. The number of imidazole rings is 1. The number of phenols is 1. The van der Waals surface area contributed by atoms with Crippen molar-refractivity contribution in [2.24, 2.45) is 22.9 Å². The van der Waals surface area contributed by atoms with Gasteiger partial charge in [-0.05, 0) is 95.1 Å². The summed E-state index contributed by atoms with van der Waals surface area (Å²) in [4.78, 5) is 258. The number of carbonyl (C=O) groups is 17. The number of nitrogens with one attached hydrogen (secondary N) is 13. The number of amides is 17. The summed E-state index contributed by atoms with van der Waals surface area (Å²) < 4.78 is 1.21. The van der Waals surface area contributed by atoms with Crippen LogP contribution in [0.3, 0.4) is 0 Å². The van der Waals surface area contributed by atoms with Gasteiger partial charge >= 0.3 is 0 Å². The van der Waals surface area contributed by atoms with E-state index in [0.717, 1.165) is 37.2 Å². The Kier molecular flexibility index (Phi) is 36.7. The fourth-order valence-electron chi connectivity index (χ4n) is 16.2. The minimum absolute atomic E-state index is 0.00329. The summed E-state index contributed by atoms with van der Waals surface area (Å²) >= 11 is 0.748. The predicted octanol–water partition coefficient (Wildman–Crippen LogP) is -4.61. The summed E-state index contributed by atoms with van der Waals surface area (Å²) in [5.74, 6) is -18.1. The van der Waals surface area contributed by atoms with Gasteiger partial charge in [0.25, 0.3) is 0 Å². The number of carbonyl (C=O) groups excluding carboxylic acids is 17. The van der Waals surface area contributed by atoms with Crippen LogP contribution in [0.15, 0.2) is 110 Å². The first-order chi connectivity index (χ1) is 63.7. The van der Waals surface area contributed by atoms with Crippen LogP contribution in [0.5, 0.6) is 5.75 Å². The molecule has 6 heterocycles. The van der Waals surface area contributed by atoms with Crippen LogP contribution in [0.2, 0.25) is 0 Å². The number of aliphatic hydroxyl groups is 2. The lowest BCUT2D eigenvalue weighted by molar-refractivity contribution is -0.144. The van der Waals surface area contributed by atoms with E-state index in [-0.39, 0.29) is 75.2 Å². The molecule has 3 aliphatic rings. The van der Waals surface area contributed by atoms with Crippen molar-refractivity contribution in [2.45, 2.75) is 214 Å². The van der Waals surface area contributed by atoms with Crippen molar-refractivity contribution >= 4 is 134 Å². The molecule has 10 rings (SSSR count). The zero-order valence-electron chi connectivity index (χ0n) is 73.9. The molecule has 714 valence electrons. The molecule has 4 aromatic carbocycles. The molecule has 133 heavy (non-hydrogen) atoms. The number of aromatic hydroxyl groups is 1. The number of likely N-dealkylation sites (N-methyl/N-ethyl adjacent to an activating group) is 1. The molecule has 45 nitrogen and oxygen atoms in total. The number of benzene rings is 4. The molecule has 2 saturated heterocycles. The highest BCUT2D eigenvalue weighted by Gasteiger charge is 2.46. The van der Waals surface area contributed by atoms with Crippen molar-refractivity contribution in [1.29, 1.82) is 0 Å². The summed E-state index contributed by atoms with van der Waals surface area (Å²) in [5.41, 5.74) is 25.3. The first-order valence-electron chi connectivity index (χ1n) is 43.8. The van der Waals surface area contributed by atoms with Crippen LogP contribution in [-0.4, -0.2) is 296 Å². The normalized spacial score (nSPS) is 24.6. The Morgan fingerprint density at radius 2 is 1.17 bits per heavy atom. The second-order valence-corrected chi connectivity index (χ2v) is 34.1. The molecule has 46 heteroatoms. The number of phenolic OH excluding ortho intramolecular Hbond substituents is 1. The summed E-state index contributed by atoms with van der Waals surface area (Å²) in [7, 11) is 1.36. The lowest BCUT2D eigenvalue weighted by Gasteiger charge is -2.32. The fraction of sp³-hybridized carbons (Fsp3) is 0.483. The molecule has 17 amide bonds. The van der Waals surface area contributed by atoms with E-state index in [1.54, 1.807) is 48.7 Å². The number of aliphatic hydroxyl groups excluding tert-OH is 2. The van der Waals surface area contributed by atoms with Crippen LogP contribution in [0.25, 0.3) is 21.7 Å². The second-order valence-electron chi connectivity index (χ2n) is 33.0. The average molecular weight is 1860 g/mol. The Morgan fingerprint density at radius 1 is 0.571 bits per heavy atom. The lowest BCUT2D eigenvalue weighted by Crippen LogP contribution is -2.61. The largest absolute Gasteiger partial charge is 0.508 e. The minimum Gasteiger partial charge on any atom is -0.508 e. The smallest absolute Gasteiger partial charge is 0.248 e. The molecule has 3 aliphatic heterocycles. The quantitative estimate of drug-likeness (QED) is 0.0271. The number of fused-ring (bicyclic) bond motifs is 5. The Hall–Kier alpha value is -14.0. The third kappa shape index (κ3) is 27.6. The number of hydrogen-bond acceptors (Lipinski definition) is 26. The average Bonchev–Trinajstić information content (AvgIpc) is 1.73. The highest BCUT2D eigenvalue weighted by atomic mass is 32.2. The lowest BCUT2D eigenvalue weighted by atomic mass is 9.97. The number of nitrogens with zero attached hydrogens (tertiary/aromatic N) is 8. The van der Waals surface area contributed by atoms with Crippen molar-refractivity contribution in [3.8, 4) is 5.75 Å². The number of tetrazole rings is 1. The van der Waals surface area contributed by atoms with Crippen LogP contribution >= 0.6 is 11.8 Å².